The van der Waals surface area contributed by atoms with E-state index in [0.717, 1.165) is 5.56 Å². The standard InChI is InChI=1S/C20H23FN2O4S/c1-15(16-2-4-17(21)5-3-16)22-8-10-23(11-9-22)28(24,25)18-6-7-19-20(14-18)27-13-12-26-19/h2-7,14-15H,8-13H2,1H3/t15-/m0/s1. The summed E-state index contributed by atoms with van der Waals surface area (Å²) >= 11 is 0. The van der Waals surface area contributed by atoms with Crippen LogP contribution >= 0.6 is 0 Å². The Kier molecular flexibility index (Phi) is 5.27. The first kappa shape index (κ1) is 19.2. The van der Waals surface area contributed by atoms with Gasteiger partial charge in [-0.3, -0.25) is 4.90 Å². The minimum Gasteiger partial charge on any atom is -0.486 e. The molecule has 1 atom stereocenters. The summed E-state index contributed by atoms with van der Waals surface area (Å²) in [5.74, 6) is 0.783. The molecule has 0 aliphatic carbocycles. The van der Waals surface area contributed by atoms with Crippen LogP contribution in [0.25, 0.3) is 0 Å². The van der Waals surface area contributed by atoms with Crippen molar-refractivity contribution in [2.24, 2.45) is 0 Å². The highest BCUT2D eigenvalue weighted by Crippen LogP contribution is 2.33. The lowest BCUT2D eigenvalue weighted by Crippen LogP contribution is -2.49. The number of rotatable bonds is 4. The second kappa shape index (κ2) is 7.69. The van der Waals surface area contributed by atoms with Gasteiger partial charge in [0.05, 0.1) is 4.90 Å². The van der Waals surface area contributed by atoms with Crippen LogP contribution in [0.2, 0.25) is 0 Å². The van der Waals surface area contributed by atoms with E-state index in [4.69, 9.17) is 9.47 Å². The molecule has 2 aromatic carbocycles. The molecule has 2 aliphatic heterocycles. The van der Waals surface area contributed by atoms with Crippen LogP contribution in [0.1, 0.15) is 18.5 Å². The van der Waals surface area contributed by atoms with Crippen molar-refractivity contribution in [3.8, 4) is 11.5 Å². The van der Waals surface area contributed by atoms with Crippen molar-refractivity contribution in [3.05, 3.63) is 53.8 Å². The van der Waals surface area contributed by atoms with Gasteiger partial charge in [0, 0.05) is 38.3 Å². The molecule has 1 saturated heterocycles. The first-order valence-corrected chi connectivity index (χ1v) is 10.8. The zero-order valence-electron chi connectivity index (χ0n) is 15.7. The van der Waals surface area contributed by atoms with E-state index in [0.29, 0.717) is 50.9 Å². The molecule has 2 aromatic rings. The van der Waals surface area contributed by atoms with Gasteiger partial charge >= 0.3 is 0 Å². The van der Waals surface area contributed by atoms with Gasteiger partial charge < -0.3 is 9.47 Å². The normalized spacial score (nSPS) is 19.4. The minimum atomic E-state index is -3.59. The molecule has 8 heteroatoms. The van der Waals surface area contributed by atoms with E-state index in [1.807, 2.05) is 0 Å². The van der Waals surface area contributed by atoms with Gasteiger partial charge in [-0.25, -0.2) is 12.8 Å². The van der Waals surface area contributed by atoms with E-state index in [1.165, 1.54) is 22.5 Å². The van der Waals surface area contributed by atoms with E-state index in [2.05, 4.69) is 11.8 Å². The van der Waals surface area contributed by atoms with Crippen molar-refractivity contribution in [2.75, 3.05) is 39.4 Å². The Labute approximate surface area is 164 Å². The van der Waals surface area contributed by atoms with Crippen LogP contribution in [0.5, 0.6) is 11.5 Å². The first-order chi connectivity index (χ1) is 13.4. The van der Waals surface area contributed by atoms with Gasteiger partial charge in [-0.2, -0.15) is 4.31 Å². The van der Waals surface area contributed by atoms with Crippen molar-refractivity contribution >= 4 is 10.0 Å². The summed E-state index contributed by atoms with van der Waals surface area (Å²) in [5, 5.41) is 0. The molecule has 0 unspecified atom stereocenters. The Morgan fingerprint density at radius 1 is 0.929 bits per heavy atom. The van der Waals surface area contributed by atoms with Crippen LogP contribution < -0.4 is 9.47 Å². The molecule has 0 aromatic heterocycles. The molecule has 2 aliphatic rings. The van der Waals surface area contributed by atoms with Crippen LogP contribution in [0.3, 0.4) is 0 Å². The highest BCUT2D eigenvalue weighted by atomic mass is 32.2. The third kappa shape index (κ3) is 3.72. The molecular weight excluding hydrogens is 383 g/mol. The number of piperazine rings is 1. The van der Waals surface area contributed by atoms with Gasteiger partial charge in [-0.15, -0.1) is 0 Å². The molecule has 0 saturated carbocycles. The third-order valence-corrected chi connectivity index (χ3v) is 7.22. The number of benzene rings is 2. The maximum atomic E-state index is 13.1. The van der Waals surface area contributed by atoms with E-state index in [9.17, 15) is 12.8 Å². The molecule has 0 amide bonds. The first-order valence-electron chi connectivity index (χ1n) is 9.34. The Bertz CT molecular complexity index is 941. The molecular formula is C20H23FN2O4S. The average Bonchev–Trinajstić information content (AvgIpc) is 2.73. The molecule has 0 bridgehead atoms. The molecule has 6 nitrogen and oxygen atoms in total. The van der Waals surface area contributed by atoms with E-state index in [-0.39, 0.29) is 16.8 Å². The summed E-state index contributed by atoms with van der Waals surface area (Å²) in [4.78, 5) is 2.43. The molecule has 2 heterocycles. The molecule has 0 radical (unpaired) electrons. The molecule has 28 heavy (non-hydrogen) atoms. The van der Waals surface area contributed by atoms with Crippen molar-refractivity contribution < 1.29 is 22.3 Å². The largest absolute Gasteiger partial charge is 0.486 e. The smallest absolute Gasteiger partial charge is 0.243 e. The van der Waals surface area contributed by atoms with E-state index in [1.54, 1.807) is 24.3 Å². The van der Waals surface area contributed by atoms with Gasteiger partial charge in [0.1, 0.15) is 19.0 Å². The summed E-state index contributed by atoms with van der Waals surface area (Å²) in [6, 6.07) is 11.3. The van der Waals surface area contributed by atoms with Crippen molar-refractivity contribution in [1.82, 2.24) is 9.21 Å². The summed E-state index contributed by atoms with van der Waals surface area (Å²) in [7, 11) is -3.59. The van der Waals surface area contributed by atoms with Crippen molar-refractivity contribution in [3.63, 3.8) is 0 Å². The highest BCUT2D eigenvalue weighted by Gasteiger charge is 2.31. The number of nitrogens with zero attached hydrogens (tertiary/aromatic N) is 2. The highest BCUT2D eigenvalue weighted by molar-refractivity contribution is 7.89. The zero-order valence-corrected chi connectivity index (χ0v) is 16.5. The second-order valence-corrected chi connectivity index (χ2v) is 8.91. The zero-order chi connectivity index (χ0) is 19.7. The second-order valence-electron chi connectivity index (χ2n) is 6.97. The fraction of sp³-hybridized carbons (Fsp3) is 0.400. The maximum absolute atomic E-state index is 13.1. The van der Waals surface area contributed by atoms with E-state index >= 15 is 0 Å². The summed E-state index contributed by atoms with van der Waals surface area (Å²) in [5.41, 5.74) is 1.02. The number of ether oxygens (including phenoxy) is 2. The summed E-state index contributed by atoms with van der Waals surface area (Å²) < 4.78 is 51.7. The number of hydrogen-bond donors (Lipinski definition) is 0. The van der Waals surface area contributed by atoms with Crippen molar-refractivity contribution in [2.45, 2.75) is 17.9 Å². The lowest BCUT2D eigenvalue weighted by molar-refractivity contribution is 0.145. The fourth-order valence-corrected chi connectivity index (χ4v) is 5.05. The quantitative estimate of drug-likeness (QED) is 0.781. The number of halogens is 1. The molecule has 0 N–H and O–H groups in total. The molecule has 150 valence electrons. The SMILES string of the molecule is C[C@@H](c1ccc(F)cc1)N1CCN(S(=O)(=O)c2ccc3c(c2)OCCO3)CC1. The lowest BCUT2D eigenvalue weighted by atomic mass is 10.1. The van der Waals surface area contributed by atoms with Crippen molar-refractivity contribution in [1.29, 1.82) is 0 Å². The maximum Gasteiger partial charge on any atom is 0.243 e. The van der Waals surface area contributed by atoms with Gasteiger partial charge in [0.15, 0.2) is 11.5 Å². The molecule has 1 fully saturated rings. The van der Waals surface area contributed by atoms with Crippen LogP contribution in [0.4, 0.5) is 4.39 Å². The Balaban J connectivity index is 1.44. The van der Waals surface area contributed by atoms with E-state index < -0.39 is 10.0 Å². The lowest BCUT2D eigenvalue weighted by Gasteiger charge is -2.37. The topological polar surface area (TPSA) is 59.1 Å². The van der Waals surface area contributed by atoms with Gasteiger partial charge in [-0.1, -0.05) is 12.1 Å². The van der Waals surface area contributed by atoms with Gasteiger partial charge in [-0.05, 0) is 36.8 Å². The molecule has 0 spiro atoms. The van der Waals surface area contributed by atoms with Crippen LogP contribution in [0, 0.1) is 5.82 Å². The monoisotopic (exact) mass is 406 g/mol. The number of fused-ring (bicyclic) bond motifs is 1. The third-order valence-electron chi connectivity index (χ3n) is 5.32. The Morgan fingerprint density at radius 2 is 1.57 bits per heavy atom. The fourth-order valence-electron chi connectivity index (χ4n) is 3.62. The average molecular weight is 406 g/mol. The minimum absolute atomic E-state index is 0.0970. The van der Waals surface area contributed by atoms with Crippen LogP contribution in [-0.4, -0.2) is 57.0 Å². The Morgan fingerprint density at radius 3 is 2.25 bits per heavy atom. The Hall–Kier alpha value is -2.16. The predicted octanol–water partition coefficient (Wildman–Crippen LogP) is 2.66. The van der Waals surface area contributed by atoms with Crippen LogP contribution in [-0.2, 0) is 10.0 Å². The summed E-state index contributed by atoms with van der Waals surface area (Å²) in [6.45, 7) is 4.97. The molecule has 4 rings (SSSR count). The number of sulfonamides is 1. The van der Waals surface area contributed by atoms with Gasteiger partial charge in [0.25, 0.3) is 0 Å². The van der Waals surface area contributed by atoms with Gasteiger partial charge in [0.2, 0.25) is 10.0 Å². The predicted molar refractivity (Wildman–Crippen MR) is 103 cm³/mol. The van der Waals surface area contributed by atoms with Crippen LogP contribution in [0.15, 0.2) is 47.4 Å². The summed E-state index contributed by atoms with van der Waals surface area (Å²) in [6.07, 6.45) is 0. The number of hydrogen-bond acceptors (Lipinski definition) is 5.